The molecule has 0 radical (unpaired) electrons. The number of halogens is 1. The molecular weight excluding hydrogens is 300 g/mol. The summed E-state index contributed by atoms with van der Waals surface area (Å²) in [7, 11) is 1.76. The molecule has 0 heterocycles. The number of rotatable bonds is 4. The van der Waals surface area contributed by atoms with Crippen LogP contribution in [-0.2, 0) is 0 Å². The second-order valence-corrected chi connectivity index (χ2v) is 5.39. The number of hydrogen-bond donors (Lipinski definition) is 1. The summed E-state index contributed by atoms with van der Waals surface area (Å²) in [6.45, 7) is 1.93. The lowest BCUT2D eigenvalue weighted by Crippen LogP contribution is -2.37. The molecule has 0 aliphatic carbocycles. The molecule has 0 aliphatic rings. The van der Waals surface area contributed by atoms with Crippen LogP contribution in [0.4, 0.5) is 0 Å². The Hall–Kier alpha value is -0.940. The molecule has 0 bridgehead atoms. The van der Waals surface area contributed by atoms with Crippen LogP contribution in [0.2, 0.25) is 0 Å². The average Bonchev–Trinajstić information content (AvgIpc) is 2.26. The summed E-state index contributed by atoms with van der Waals surface area (Å²) in [5.41, 5.74) is 6.13. The van der Waals surface area contributed by atoms with Crippen molar-refractivity contribution in [3.05, 3.63) is 34.3 Å². The van der Waals surface area contributed by atoms with E-state index in [4.69, 9.17) is 18.0 Å². The molecule has 0 aliphatic heterocycles. The van der Waals surface area contributed by atoms with Crippen molar-refractivity contribution in [3.63, 3.8) is 0 Å². The van der Waals surface area contributed by atoms with Gasteiger partial charge in [-0.3, -0.25) is 4.79 Å². The fourth-order valence-corrected chi connectivity index (χ4v) is 2.09. The highest BCUT2D eigenvalue weighted by Gasteiger charge is 2.17. The maximum atomic E-state index is 12.1. The summed E-state index contributed by atoms with van der Waals surface area (Å²) in [6, 6.07) is 7.31. The number of carbonyl (C=O) groups excluding carboxylic acids is 1. The number of benzene rings is 1. The lowest BCUT2D eigenvalue weighted by atomic mass is 10.1. The van der Waals surface area contributed by atoms with E-state index in [-0.39, 0.29) is 11.9 Å². The van der Waals surface area contributed by atoms with Gasteiger partial charge in [-0.05, 0) is 25.1 Å². The molecular formula is C12H15BrN2OS. The molecule has 1 amide bonds. The molecule has 1 aromatic carbocycles. The number of carbonyl (C=O) groups is 1. The number of hydrogen-bond acceptors (Lipinski definition) is 2. The van der Waals surface area contributed by atoms with Gasteiger partial charge in [-0.25, -0.2) is 0 Å². The molecule has 3 nitrogen and oxygen atoms in total. The molecule has 92 valence electrons. The third kappa shape index (κ3) is 4.09. The second kappa shape index (κ2) is 6.12. The lowest BCUT2D eigenvalue weighted by molar-refractivity contribution is 0.0748. The topological polar surface area (TPSA) is 46.3 Å². The highest BCUT2D eigenvalue weighted by Crippen LogP contribution is 2.14. The quantitative estimate of drug-likeness (QED) is 0.869. The number of thiocarbonyl (C=S) groups is 1. The Morgan fingerprint density at radius 2 is 2.24 bits per heavy atom. The van der Waals surface area contributed by atoms with Crippen LogP contribution < -0.4 is 5.73 Å². The zero-order valence-electron chi connectivity index (χ0n) is 9.81. The zero-order valence-corrected chi connectivity index (χ0v) is 12.2. The van der Waals surface area contributed by atoms with Gasteiger partial charge in [0.15, 0.2) is 0 Å². The third-order valence-corrected chi connectivity index (χ3v) is 3.21. The standard InChI is InChI=1S/C12H15BrN2OS/c1-8(6-11(14)17)15(2)12(16)9-4-3-5-10(13)7-9/h3-5,7-8H,6H2,1-2H3,(H2,14,17). The van der Waals surface area contributed by atoms with Crippen LogP contribution in [0.25, 0.3) is 0 Å². The van der Waals surface area contributed by atoms with E-state index >= 15 is 0 Å². The first kappa shape index (κ1) is 14.1. The smallest absolute Gasteiger partial charge is 0.253 e. The molecule has 0 aromatic heterocycles. The summed E-state index contributed by atoms with van der Waals surface area (Å²) in [6.07, 6.45) is 0.533. The van der Waals surface area contributed by atoms with Crippen molar-refractivity contribution in [1.82, 2.24) is 4.90 Å². The van der Waals surface area contributed by atoms with Gasteiger partial charge in [0.2, 0.25) is 0 Å². The van der Waals surface area contributed by atoms with Crippen LogP contribution in [0.5, 0.6) is 0 Å². The number of nitrogens with zero attached hydrogens (tertiary/aromatic N) is 1. The molecule has 0 saturated heterocycles. The van der Waals surface area contributed by atoms with Crippen molar-refractivity contribution in [2.45, 2.75) is 19.4 Å². The molecule has 0 saturated carbocycles. The highest BCUT2D eigenvalue weighted by molar-refractivity contribution is 9.10. The SMILES string of the molecule is CC(CC(N)=S)N(C)C(=O)c1cccc(Br)c1. The molecule has 0 fully saturated rings. The first-order valence-corrected chi connectivity index (χ1v) is 6.43. The molecule has 1 aromatic rings. The summed E-state index contributed by atoms with van der Waals surface area (Å²) >= 11 is 8.19. The highest BCUT2D eigenvalue weighted by atomic mass is 79.9. The van der Waals surface area contributed by atoms with Gasteiger partial charge >= 0.3 is 0 Å². The minimum Gasteiger partial charge on any atom is -0.393 e. The van der Waals surface area contributed by atoms with Crippen molar-refractivity contribution < 1.29 is 4.79 Å². The second-order valence-electron chi connectivity index (χ2n) is 3.95. The van der Waals surface area contributed by atoms with Gasteiger partial charge in [-0.1, -0.05) is 34.2 Å². The van der Waals surface area contributed by atoms with E-state index in [1.54, 1.807) is 24.1 Å². The Bertz CT molecular complexity index is 436. The van der Waals surface area contributed by atoms with Crippen LogP contribution in [0.15, 0.2) is 28.7 Å². The van der Waals surface area contributed by atoms with Gasteiger partial charge in [0.25, 0.3) is 5.91 Å². The average molecular weight is 315 g/mol. The monoisotopic (exact) mass is 314 g/mol. The summed E-state index contributed by atoms with van der Waals surface area (Å²) < 4.78 is 0.888. The first-order chi connectivity index (χ1) is 7.91. The Morgan fingerprint density at radius 3 is 2.76 bits per heavy atom. The summed E-state index contributed by atoms with van der Waals surface area (Å²) in [4.78, 5) is 14.2. The van der Waals surface area contributed by atoms with Crippen molar-refractivity contribution in [1.29, 1.82) is 0 Å². The van der Waals surface area contributed by atoms with E-state index in [1.807, 2.05) is 19.1 Å². The predicted octanol–water partition coefficient (Wildman–Crippen LogP) is 2.59. The van der Waals surface area contributed by atoms with E-state index in [9.17, 15) is 4.79 Å². The molecule has 1 unspecified atom stereocenters. The maximum Gasteiger partial charge on any atom is 0.253 e. The van der Waals surface area contributed by atoms with Gasteiger partial charge in [0, 0.05) is 29.5 Å². The van der Waals surface area contributed by atoms with Gasteiger partial charge in [0.1, 0.15) is 0 Å². The van der Waals surface area contributed by atoms with Gasteiger partial charge in [-0.2, -0.15) is 0 Å². The largest absolute Gasteiger partial charge is 0.393 e. The fraction of sp³-hybridized carbons (Fsp3) is 0.333. The van der Waals surface area contributed by atoms with Crippen molar-refractivity contribution in [3.8, 4) is 0 Å². The van der Waals surface area contributed by atoms with Crippen molar-refractivity contribution in [2.75, 3.05) is 7.05 Å². The van der Waals surface area contributed by atoms with Gasteiger partial charge < -0.3 is 10.6 Å². The first-order valence-electron chi connectivity index (χ1n) is 5.23. The van der Waals surface area contributed by atoms with Crippen molar-refractivity contribution in [2.24, 2.45) is 5.73 Å². The minimum atomic E-state index is -0.0324. The number of nitrogens with two attached hydrogens (primary N) is 1. The zero-order chi connectivity index (χ0) is 13.0. The van der Waals surface area contributed by atoms with Crippen LogP contribution in [-0.4, -0.2) is 28.9 Å². The Labute approximate surface area is 115 Å². The summed E-state index contributed by atoms with van der Waals surface area (Å²) in [5, 5.41) is 0. The number of amides is 1. The van der Waals surface area contributed by atoms with Crippen molar-refractivity contribution >= 4 is 39.0 Å². The van der Waals surface area contributed by atoms with E-state index in [0.717, 1.165) is 4.47 Å². The third-order valence-electron chi connectivity index (χ3n) is 2.55. The lowest BCUT2D eigenvalue weighted by Gasteiger charge is -2.24. The summed E-state index contributed by atoms with van der Waals surface area (Å²) in [5.74, 6) is -0.0324. The Morgan fingerprint density at radius 1 is 1.59 bits per heavy atom. The minimum absolute atomic E-state index is 0.000943. The Kier molecular flexibility index (Phi) is 5.08. The van der Waals surface area contributed by atoms with E-state index in [1.165, 1.54) is 0 Å². The molecule has 0 spiro atoms. The normalized spacial score (nSPS) is 11.9. The van der Waals surface area contributed by atoms with Gasteiger partial charge in [-0.15, -0.1) is 0 Å². The van der Waals surface area contributed by atoms with E-state index in [2.05, 4.69) is 15.9 Å². The van der Waals surface area contributed by atoms with E-state index in [0.29, 0.717) is 17.0 Å². The molecule has 2 N–H and O–H groups in total. The van der Waals surface area contributed by atoms with E-state index < -0.39 is 0 Å². The van der Waals surface area contributed by atoms with Crippen LogP contribution >= 0.6 is 28.1 Å². The van der Waals surface area contributed by atoms with Crippen LogP contribution in [0.1, 0.15) is 23.7 Å². The molecule has 17 heavy (non-hydrogen) atoms. The fourth-order valence-electron chi connectivity index (χ4n) is 1.45. The maximum absolute atomic E-state index is 12.1. The van der Waals surface area contributed by atoms with Crippen LogP contribution in [0.3, 0.4) is 0 Å². The van der Waals surface area contributed by atoms with Gasteiger partial charge in [0.05, 0.1) is 4.99 Å². The molecule has 1 atom stereocenters. The molecule has 5 heteroatoms. The molecule has 1 rings (SSSR count). The Balaban J connectivity index is 2.79. The van der Waals surface area contributed by atoms with Crippen LogP contribution in [0, 0.1) is 0 Å². The predicted molar refractivity (Wildman–Crippen MR) is 77.1 cm³/mol.